The summed E-state index contributed by atoms with van der Waals surface area (Å²) in [6, 6.07) is 10.7. The Bertz CT molecular complexity index is 931. The lowest BCUT2D eigenvalue weighted by Gasteiger charge is -2.16. The summed E-state index contributed by atoms with van der Waals surface area (Å²) in [5, 5.41) is 0.568. The fraction of sp³-hybridized carbons (Fsp3) is 0.316. The summed E-state index contributed by atoms with van der Waals surface area (Å²) in [5.74, 6) is -0.416. The average molecular weight is 356 g/mol. The van der Waals surface area contributed by atoms with Crippen molar-refractivity contribution in [3.05, 3.63) is 63.5 Å². The minimum atomic E-state index is -0.668. The maximum absolute atomic E-state index is 12.8. The number of benzene rings is 1. The van der Waals surface area contributed by atoms with E-state index in [-0.39, 0.29) is 12.2 Å². The van der Waals surface area contributed by atoms with Crippen molar-refractivity contribution in [2.75, 3.05) is 0 Å². The Morgan fingerprint density at radius 1 is 1.28 bits per heavy atom. The van der Waals surface area contributed by atoms with Crippen LogP contribution in [-0.2, 0) is 22.6 Å². The van der Waals surface area contributed by atoms with Crippen molar-refractivity contribution in [3.8, 4) is 0 Å². The number of fused-ring (bicyclic) bond motifs is 1. The van der Waals surface area contributed by atoms with Crippen LogP contribution >= 0.6 is 11.3 Å². The van der Waals surface area contributed by atoms with Crippen LogP contribution in [-0.4, -0.2) is 15.5 Å². The van der Waals surface area contributed by atoms with Gasteiger partial charge in [0.2, 0.25) is 0 Å². The molecule has 130 valence electrons. The average Bonchev–Trinajstić information content (AvgIpc) is 3.07. The molecule has 0 N–H and O–H groups in total. The molecule has 25 heavy (non-hydrogen) atoms. The molecule has 3 aromatic rings. The number of hydrogen-bond acceptors (Lipinski definition) is 5. The van der Waals surface area contributed by atoms with Crippen LogP contribution in [0.5, 0.6) is 0 Å². The second-order valence-corrected chi connectivity index (χ2v) is 6.87. The first-order valence-corrected chi connectivity index (χ1v) is 9.15. The Kier molecular flexibility index (Phi) is 5.28. The number of ether oxygens (including phenoxy) is 1. The highest BCUT2D eigenvalue weighted by molar-refractivity contribution is 7.18. The van der Waals surface area contributed by atoms with E-state index in [0.717, 1.165) is 16.9 Å². The molecular formula is C19H20N2O3S. The fourth-order valence-corrected chi connectivity index (χ4v) is 3.61. The van der Waals surface area contributed by atoms with Crippen LogP contribution in [0.1, 0.15) is 36.8 Å². The van der Waals surface area contributed by atoms with Crippen molar-refractivity contribution in [1.82, 2.24) is 9.55 Å². The number of aryl methyl sites for hydroxylation is 1. The fourth-order valence-electron chi connectivity index (χ4n) is 2.68. The first-order chi connectivity index (χ1) is 12.1. The molecule has 6 heteroatoms. The van der Waals surface area contributed by atoms with Gasteiger partial charge in [0.15, 0.2) is 0 Å². The number of rotatable bonds is 6. The Balaban J connectivity index is 1.84. The van der Waals surface area contributed by atoms with Gasteiger partial charge in [-0.1, -0.05) is 44.2 Å². The first kappa shape index (κ1) is 17.4. The van der Waals surface area contributed by atoms with Crippen molar-refractivity contribution in [1.29, 1.82) is 0 Å². The van der Waals surface area contributed by atoms with Crippen LogP contribution in [0.4, 0.5) is 0 Å². The zero-order valence-electron chi connectivity index (χ0n) is 14.3. The zero-order chi connectivity index (χ0) is 17.8. The Morgan fingerprint density at radius 2 is 2.04 bits per heavy atom. The van der Waals surface area contributed by atoms with Crippen molar-refractivity contribution in [2.45, 2.75) is 39.3 Å². The standard InChI is InChI=1S/C19H20N2O3S/c1-3-14-10-15-17(25-14)20-12-21(18(15)22)16(4-2)19(23)24-11-13-8-6-5-7-9-13/h5-10,12,16H,3-4,11H2,1-2H3/t16-/m1/s1. The minimum absolute atomic E-state index is 0.190. The molecule has 0 aliphatic carbocycles. The maximum Gasteiger partial charge on any atom is 0.329 e. The maximum atomic E-state index is 12.8. The molecule has 2 heterocycles. The number of nitrogens with zero attached hydrogens (tertiary/aromatic N) is 2. The van der Waals surface area contributed by atoms with E-state index >= 15 is 0 Å². The topological polar surface area (TPSA) is 61.2 Å². The second-order valence-electron chi connectivity index (χ2n) is 5.76. The summed E-state index contributed by atoms with van der Waals surface area (Å²) in [6.45, 7) is 4.09. The number of carbonyl (C=O) groups excluding carboxylic acids is 1. The molecule has 0 aliphatic rings. The number of aromatic nitrogens is 2. The van der Waals surface area contributed by atoms with Crippen molar-refractivity contribution in [3.63, 3.8) is 0 Å². The third-order valence-corrected chi connectivity index (χ3v) is 5.28. The molecule has 3 rings (SSSR count). The van der Waals surface area contributed by atoms with Gasteiger partial charge >= 0.3 is 5.97 Å². The molecule has 0 amide bonds. The molecule has 0 spiro atoms. The molecular weight excluding hydrogens is 336 g/mol. The van der Waals surface area contributed by atoms with Crippen LogP contribution < -0.4 is 5.56 Å². The van der Waals surface area contributed by atoms with E-state index < -0.39 is 12.0 Å². The largest absolute Gasteiger partial charge is 0.459 e. The summed E-state index contributed by atoms with van der Waals surface area (Å²) in [4.78, 5) is 31.4. The van der Waals surface area contributed by atoms with Gasteiger partial charge in [-0.2, -0.15) is 0 Å². The molecule has 0 fully saturated rings. The highest BCUT2D eigenvalue weighted by Gasteiger charge is 2.23. The highest BCUT2D eigenvalue weighted by Crippen LogP contribution is 2.22. The molecule has 2 aromatic heterocycles. The molecule has 0 radical (unpaired) electrons. The number of hydrogen-bond donors (Lipinski definition) is 0. The van der Waals surface area contributed by atoms with E-state index in [9.17, 15) is 9.59 Å². The van der Waals surface area contributed by atoms with Crippen molar-refractivity contribution >= 4 is 27.5 Å². The third kappa shape index (κ3) is 3.64. The van der Waals surface area contributed by atoms with Gasteiger partial charge in [0.05, 0.1) is 11.7 Å². The van der Waals surface area contributed by atoms with E-state index in [4.69, 9.17) is 4.74 Å². The number of esters is 1. The summed E-state index contributed by atoms with van der Waals surface area (Å²) >= 11 is 1.51. The smallest absolute Gasteiger partial charge is 0.329 e. The molecule has 1 atom stereocenters. The van der Waals surface area contributed by atoms with Crippen molar-refractivity contribution < 1.29 is 9.53 Å². The SMILES string of the molecule is CCc1cc2c(=O)n([C@H](CC)C(=O)OCc3ccccc3)cnc2s1. The van der Waals surface area contributed by atoms with Gasteiger partial charge in [0.1, 0.15) is 17.5 Å². The Morgan fingerprint density at radius 3 is 2.72 bits per heavy atom. The normalized spacial score (nSPS) is 12.2. The van der Waals surface area contributed by atoms with E-state index in [1.807, 2.05) is 50.2 Å². The van der Waals surface area contributed by atoms with Gasteiger partial charge < -0.3 is 4.74 Å². The molecule has 1 aromatic carbocycles. The van der Waals surface area contributed by atoms with Gasteiger partial charge in [-0.3, -0.25) is 9.36 Å². The summed E-state index contributed by atoms with van der Waals surface area (Å²) in [6.07, 6.45) is 2.78. The van der Waals surface area contributed by atoms with Gasteiger partial charge in [-0.05, 0) is 24.5 Å². The predicted molar refractivity (Wildman–Crippen MR) is 98.8 cm³/mol. The second kappa shape index (κ2) is 7.61. The molecule has 0 unspecified atom stereocenters. The lowest BCUT2D eigenvalue weighted by molar-refractivity contribution is -0.149. The van der Waals surface area contributed by atoms with Crippen molar-refractivity contribution in [2.24, 2.45) is 0 Å². The van der Waals surface area contributed by atoms with Crippen LogP contribution in [0, 0.1) is 0 Å². The number of carbonyl (C=O) groups is 1. The molecule has 5 nitrogen and oxygen atoms in total. The monoisotopic (exact) mass is 356 g/mol. The van der Waals surface area contributed by atoms with E-state index in [2.05, 4.69) is 4.98 Å². The van der Waals surface area contributed by atoms with Gasteiger partial charge in [-0.25, -0.2) is 9.78 Å². The van der Waals surface area contributed by atoms with Gasteiger partial charge in [0.25, 0.3) is 5.56 Å². The Hall–Kier alpha value is -2.47. The van der Waals surface area contributed by atoms with Crippen LogP contribution in [0.2, 0.25) is 0 Å². The zero-order valence-corrected chi connectivity index (χ0v) is 15.1. The highest BCUT2D eigenvalue weighted by atomic mass is 32.1. The van der Waals surface area contributed by atoms with Gasteiger partial charge in [0, 0.05) is 4.88 Å². The lowest BCUT2D eigenvalue weighted by atomic mass is 10.2. The van der Waals surface area contributed by atoms with E-state index in [0.29, 0.717) is 16.6 Å². The van der Waals surface area contributed by atoms with Crippen LogP contribution in [0.3, 0.4) is 0 Å². The van der Waals surface area contributed by atoms with Crippen LogP contribution in [0.25, 0.3) is 10.2 Å². The Labute approximate surface area is 149 Å². The predicted octanol–water partition coefficient (Wildman–Crippen LogP) is 3.71. The summed E-state index contributed by atoms with van der Waals surface area (Å²) < 4.78 is 6.80. The van der Waals surface area contributed by atoms with E-state index in [1.165, 1.54) is 22.2 Å². The minimum Gasteiger partial charge on any atom is -0.459 e. The van der Waals surface area contributed by atoms with E-state index in [1.54, 1.807) is 0 Å². The molecule has 0 saturated carbocycles. The number of thiophene rings is 1. The summed E-state index contributed by atoms with van der Waals surface area (Å²) in [5.41, 5.74) is 0.724. The van der Waals surface area contributed by atoms with Gasteiger partial charge in [-0.15, -0.1) is 11.3 Å². The molecule has 0 aliphatic heterocycles. The summed E-state index contributed by atoms with van der Waals surface area (Å²) in [7, 11) is 0. The van der Waals surface area contributed by atoms with Crippen LogP contribution in [0.15, 0.2) is 47.5 Å². The lowest BCUT2D eigenvalue weighted by Crippen LogP contribution is -2.30. The first-order valence-electron chi connectivity index (χ1n) is 8.34. The quantitative estimate of drug-likeness (QED) is 0.632. The molecule has 0 saturated heterocycles. The molecule has 0 bridgehead atoms. The third-order valence-electron chi connectivity index (χ3n) is 4.09.